The number of aryl methyl sites for hydroxylation is 1. The van der Waals surface area contributed by atoms with Crippen molar-refractivity contribution in [2.75, 3.05) is 18.4 Å². The summed E-state index contributed by atoms with van der Waals surface area (Å²) in [7, 11) is 0. The Labute approximate surface area is 162 Å². The highest BCUT2D eigenvalue weighted by Crippen LogP contribution is 2.30. The number of fused-ring (bicyclic) bond motifs is 1. The zero-order valence-corrected chi connectivity index (χ0v) is 15.6. The molecule has 1 fully saturated rings. The van der Waals surface area contributed by atoms with E-state index in [0.717, 1.165) is 42.7 Å². The van der Waals surface area contributed by atoms with E-state index >= 15 is 0 Å². The molecule has 1 saturated heterocycles. The van der Waals surface area contributed by atoms with Gasteiger partial charge >= 0.3 is 0 Å². The molecule has 28 heavy (non-hydrogen) atoms. The number of pyridine rings is 2. The molecule has 0 radical (unpaired) electrons. The van der Waals surface area contributed by atoms with Crippen LogP contribution in [0.15, 0.2) is 42.6 Å². The molecule has 1 aliphatic heterocycles. The molecule has 1 aliphatic rings. The zero-order valence-electron chi connectivity index (χ0n) is 15.6. The van der Waals surface area contributed by atoms with Gasteiger partial charge in [0.25, 0.3) is 5.91 Å². The Bertz CT molecular complexity index is 1060. The normalized spacial score (nSPS) is 13.7. The van der Waals surface area contributed by atoms with Gasteiger partial charge < -0.3 is 16.0 Å². The Morgan fingerprint density at radius 2 is 1.79 bits per heavy atom. The monoisotopic (exact) mass is 375 g/mol. The second kappa shape index (κ2) is 7.26. The molecule has 3 heterocycles. The lowest BCUT2D eigenvalue weighted by molar-refractivity contribution is 0.0793. The summed E-state index contributed by atoms with van der Waals surface area (Å²) in [6.07, 6.45) is 3.63. The van der Waals surface area contributed by atoms with E-state index in [0.29, 0.717) is 22.5 Å². The van der Waals surface area contributed by atoms with E-state index < -0.39 is 5.91 Å². The van der Waals surface area contributed by atoms with Crippen LogP contribution in [0.1, 0.15) is 39.3 Å². The van der Waals surface area contributed by atoms with Gasteiger partial charge in [-0.2, -0.15) is 0 Å². The summed E-state index contributed by atoms with van der Waals surface area (Å²) in [5, 5.41) is 4.10. The fraction of sp³-hybridized carbons (Fsp3) is 0.238. The number of primary amides is 1. The Balaban J connectivity index is 1.79. The lowest BCUT2D eigenvalue weighted by Gasteiger charge is -2.19. The van der Waals surface area contributed by atoms with Gasteiger partial charge in [0.2, 0.25) is 5.91 Å². The van der Waals surface area contributed by atoms with Gasteiger partial charge in [0.15, 0.2) is 5.65 Å². The first-order valence-corrected chi connectivity index (χ1v) is 9.25. The third-order valence-electron chi connectivity index (χ3n) is 4.93. The molecular weight excluding hydrogens is 354 g/mol. The summed E-state index contributed by atoms with van der Waals surface area (Å²) in [5.41, 5.74) is 9.10. The number of nitrogens with zero attached hydrogens (tertiary/aromatic N) is 3. The molecule has 142 valence electrons. The molecule has 3 N–H and O–H groups in total. The van der Waals surface area contributed by atoms with Crippen LogP contribution in [0.2, 0.25) is 0 Å². The summed E-state index contributed by atoms with van der Waals surface area (Å²) >= 11 is 0. The first-order valence-electron chi connectivity index (χ1n) is 9.25. The van der Waals surface area contributed by atoms with Crippen molar-refractivity contribution < 1.29 is 9.59 Å². The molecule has 0 spiro atoms. The second-order valence-corrected chi connectivity index (χ2v) is 6.94. The van der Waals surface area contributed by atoms with Gasteiger partial charge in [-0.1, -0.05) is 0 Å². The Morgan fingerprint density at radius 1 is 1.07 bits per heavy atom. The summed E-state index contributed by atoms with van der Waals surface area (Å²) in [4.78, 5) is 35.1. The molecule has 2 amide bonds. The zero-order chi connectivity index (χ0) is 19.7. The maximum Gasteiger partial charge on any atom is 0.257 e. The van der Waals surface area contributed by atoms with Crippen molar-refractivity contribution in [3.63, 3.8) is 0 Å². The van der Waals surface area contributed by atoms with E-state index in [1.54, 1.807) is 30.5 Å². The van der Waals surface area contributed by atoms with Crippen molar-refractivity contribution >= 4 is 34.2 Å². The predicted molar refractivity (Wildman–Crippen MR) is 108 cm³/mol. The highest BCUT2D eigenvalue weighted by atomic mass is 16.2. The van der Waals surface area contributed by atoms with Crippen LogP contribution in [-0.4, -0.2) is 39.8 Å². The quantitative estimate of drug-likeness (QED) is 0.730. The second-order valence-electron chi connectivity index (χ2n) is 6.94. The molecule has 0 bridgehead atoms. The van der Waals surface area contributed by atoms with Crippen LogP contribution >= 0.6 is 0 Å². The molecule has 4 rings (SSSR count). The van der Waals surface area contributed by atoms with E-state index in [1.165, 1.54) is 0 Å². The maximum atomic E-state index is 13.1. The Hall–Kier alpha value is -3.48. The Morgan fingerprint density at radius 3 is 2.46 bits per heavy atom. The molecule has 0 unspecified atom stereocenters. The fourth-order valence-corrected chi connectivity index (χ4v) is 3.42. The number of anilines is 2. The van der Waals surface area contributed by atoms with Gasteiger partial charge in [0, 0.05) is 41.6 Å². The predicted octanol–water partition coefficient (Wildman–Crippen LogP) is 3.02. The molecule has 0 saturated carbocycles. The van der Waals surface area contributed by atoms with Gasteiger partial charge in [-0.3, -0.25) is 9.59 Å². The third kappa shape index (κ3) is 3.38. The molecule has 1 aromatic carbocycles. The first-order chi connectivity index (χ1) is 13.5. The number of hydrogen-bond donors (Lipinski definition) is 2. The van der Waals surface area contributed by atoms with Crippen molar-refractivity contribution in [2.45, 2.75) is 19.8 Å². The van der Waals surface area contributed by atoms with Gasteiger partial charge in [-0.25, -0.2) is 9.97 Å². The van der Waals surface area contributed by atoms with Crippen molar-refractivity contribution in [3.8, 4) is 0 Å². The minimum atomic E-state index is -0.481. The van der Waals surface area contributed by atoms with E-state index in [-0.39, 0.29) is 5.91 Å². The number of benzene rings is 1. The van der Waals surface area contributed by atoms with Crippen LogP contribution in [-0.2, 0) is 0 Å². The lowest BCUT2D eigenvalue weighted by Crippen LogP contribution is -2.28. The van der Waals surface area contributed by atoms with Crippen LogP contribution in [0.5, 0.6) is 0 Å². The first kappa shape index (κ1) is 17.9. The van der Waals surface area contributed by atoms with E-state index in [2.05, 4.69) is 15.3 Å². The minimum Gasteiger partial charge on any atom is -0.366 e. The summed E-state index contributed by atoms with van der Waals surface area (Å²) in [6, 6.07) is 10.6. The highest BCUT2D eigenvalue weighted by molar-refractivity contribution is 6.07. The third-order valence-corrected chi connectivity index (χ3v) is 4.93. The van der Waals surface area contributed by atoms with Crippen molar-refractivity contribution in [3.05, 3.63) is 59.4 Å². The number of carbonyl (C=O) groups excluding carboxylic acids is 2. The lowest BCUT2D eigenvalue weighted by atomic mass is 10.1. The number of amides is 2. The Kier molecular flexibility index (Phi) is 4.65. The number of likely N-dealkylation sites (tertiary alicyclic amines) is 1. The van der Waals surface area contributed by atoms with Gasteiger partial charge in [-0.05, 0) is 56.2 Å². The molecule has 7 nitrogen and oxygen atoms in total. The maximum absolute atomic E-state index is 13.1. The molecular formula is C21H21N5O2. The van der Waals surface area contributed by atoms with Crippen LogP contribution < -0.4 is 11.1 Å². The highest BCUT2D eigenvalue weighted by Gasteiger charge is 2.24. The minimum absolute atomic E-state index is 0.0382. The average molecular weight is 375 g/mol. The smallest absolute Gasteiger partial charge is 0.257 e. The largest absolute Gasteiger partial charge is 0.366 e. The van der Waals surface area contributed by atoms with Crippen molar-refractivity contribution in [1.29, 1.82) is 0 Å². The number of hydrogen-bond acceptors (Lipinski definition) is 5. The van der Waals surface area contributed by atoms with Crippen LogP contribution in [0, 0.1) is 6.92 Å². The fourth-order valence-electron chi connectivity index (χ4n) is 3.42. The molecule has 2 aromatic heterocycles. The number of nitrogens with two attached hydrogens (primary N) is 1. The summed E-state index contributed by atoms with van der Waals surface area (Å²) in [6.45, 7) is 3.42. The average Bonchev–Trinajstić information content (AvgIpc) is 3.22. The van der Waals surface area contributed by atoms with Gasteiger partial charge in [0.05, 0.1) is 11.3 Å². The summed E-state index contributed by atoms with van der Waals surface area (Å²) < 4.78 is 0. The standard InChI is InChI=1S/C21H21N5O2/c1-13-4-9-16-18(25-15-7-5-14(6-8-15)19(22)27)17(12-23-20(16)24-13)21(28)26-10-2-3-11-26/h4-9,12H,2-3,10-11H2,1H3,(H2,22,27)(H,23,24,25). The molecule has 3 aromatic rings. The van der Waals surface area contributed by atoms with Crippen molar-refractivity contribution in [1.82, 2.24) is 14.9 Å². The SMILES string of the molecule is Cc1ccc2c(Nc3ccc(C(N)=O)cc3)c(C(=O)N3CCCC3)cnc2n1. The molecule has 7 heteroatoms. The molecule has 0 aliphatic carbocycles. The van der Waals surface area contributed by atoms with Crippen LogP contribution in [0.3, 0.4) is 0 Å². The number of nitrogens with one attached hydrogen (secondary N) is 1. The van der Waals surface area contributed by atoms with Crippen LogP contribution in [0.25, 0.3) is 11.0 Å². The molecule has 0 atom stereocenters. The number of rotatable bonds is 4. The van der Waals surface area contributed by atoms with E-state index in [4.69, 9.17) is 5.73 Å². The topological polar surface area (TPSA) is 101 Å². The van der Waals surface area contributed by atoms with E-state index in [9.17, 15) is 9.59 Å². The van der Waals surface area contributed by atoms with E-state index in [1.807, 2.05) is 24.0 Å². The van der Waals surface area contributed by atoms with Crippen molar-refractivity contribution in [2.24, 2.45) is 5.73 Å². The van der Waals surface area contributed by atoms with Gasteiger partial charge in [0.1, 0.15) is 0 Å². The van der Waals surface area contributed by atoms with Crippen LogP contribution in [0.4, 0.5) is 11.4 Å². The number of aromatic nitrogens is 2. The van der Waals surface area contributed by atoms with Gasteiger partial charge in [-0.15, -0.1) is 0 Å². The number of carbonyl (C=O) groups is 2. The summed E-state index contributed by atoms with van der Waals surface area (Å²) in [5.74, 6) is -0.519.